The lowest BCUT2D eigenvalue weighted by Gasteiger charge is -2.59. The number of unbranched alkanes of at least 4 members (excludes halogenated alkanes) is 2. The number of nitrogens with zero attached hydrogens (tertiary/aromatic N) is 2. The van der Waals surface area contributed by atoms with Crippen LogP contribution in [0.5, 0.6) is 23.0 Å². The molecule has 1 fully saturated rings. The number of amides is 1. The first-order valence-corrected chi connectivity index (χ1v) is 22.6. The number of methoxy groups -OCH3 is 1. The van der Waals surface area contributed by atoms with E-state index in [1.54, 1.807) is 18.1 Å². The Morgan fingerprint density at radius 3 is 2.36 bits per heavy atom. The van der Waals surface area contributed by atoms with E-state index in [-0.39, 0.29) is 56.5 Å². The summed E-state index contributed by atoms with van der Waals surface area (Å²) >= 11 is 0. The van der Waals surface area contributed by atoms with Crippen molar-refractivity contribution in [2.24, 2.45) is 22.9 Å². The minimum atomic E-state index is -1.36. The van der Waals surface area contributed by atoms with Gasteiger partial charge in [-0.05, 0) is 107 Å². The maximum atomic E-state index is 14.6. The Labute approximate surface area is 376 Å². The molecule has 10 nitrogen and oxygen atoms in total. The molecule has 1 aliphatic heterocycles. The molecule has 0 aromatic heterocycles. The van der Waals surface area contributed by atoms with Gasteiger partial charge in [0.05, 0.1) is 31.8 Å². The fraction of sp³-hybridized carbons (Fsp3) is 0.370. The monoisotopic (exact) mass is 864 g/mol. The average molecular weight is 865 g/mol. The molecule has 64 heavy (non-hydrogen) atoms. The van der Waals surface area contributed by atoms with Crippen LogP contribution in [0.15, 0.2) is 145 Å². The predicted molar refractivity (Wildman–Crippen MR) is 250 cm³/mol. The van der Waals surface area contributed by atoms with Gasteiger partial charge in [0.2, 0.25) is 11.7 Å². The topological polar surface area (TPSA) is 119 Å². The summed E-state index contributed by atoms with van der Waals surface area (Å²) in [5.74, 6) is 0.826. The fourth-order valence-electron chi connectivity index (χ4n) is 10.2. The van der Waals surface area contributed by atoms with Crippen LogP contribution in [0.4, 0.5) is 0 Å². The van der Waals surface area contributed by atoms with Gasteiger partial charge in [-0.15, -0.1) is 6.58 Å². The Morgan fingerprint density at radius 1 is 0.844 bits per heavy atom. The lowest BCUT2D eigenvalue weighted by atomic mass is 9.55. The van der Waals surface area contributed by atoms with E-state index >= 15 is 0 Å². The summed E-state index contributed by atoms with van der Waals surface area (Å²) in [6.45, 7) is 4.73. The Morgan fingerprint density at radius 2 is 1.58 bits per heavy atom. The number of aliphatic hydroxyl groups is 2. The molecule has 2 aliphatic carbocycles. The minimum absolute atomic E-state index is 0.0762. The van der Waals surface area contributed by atoms with Crippen molar-refractivity contribution < 1.29 is 38.8 Å². The average Bonchev–Trinajstić information content (AvgIpc) is 3.32. The van der Waals surface area contributed by atoms with E-state index < -0.39 is 17.7 Å². The molecular formula is C54H60N2O8. The number of allylic oxidation sites excluding steroid dienone is 1. The summed E-state index contributed by atoms with van der Waals surface area (Å²) in [6.07, 6.45) is 9.22. The number of likely N-dealkylation sites (N-methyl/N-ethyl adjacent to an activating group) is 1. The van der Waals surface area contributed by atoms with Crippen LogP contribution in [0.25, 0.3) is 10.8 Å². The molecule has 3 aliphatic rings. The highest BCUT2D eigenvalue weighted by atomic mass is 16.7. The molecule has 5 aromatic carbocycles. The summed E-state index contributed by atoms with van der Waals surface area (Å²) < 4.78 is 26.6. The number of rotatable bonds is 20. The zero-order valence-electron chi connectivity index (χ0n) is 36.9. The molecule has 0 saturated heterocycles. The third-order valence-corrected chi connectivity index (χ3v) is 13.2. The number of hydrogen-bond acceptors (Lipinski definition) is 9. The Hall–Kier alpha value is -5.94. The molecule has 0 spiro atoms. The normalized spacial score (nSPS) is 22.7. The number of hydrogen-bond donors (Lipinski definition) is 2. The second kappa shape index (κ2) is 20.7. The molecule has 1 amide bonds. The number of fused-ring (bicyclic) bond motifs is 3. The van der Waals surface area contributed by atoms with Crippen LogP contribution in [0.3, 0.4) is 0 Å². The highest BCUT2D eigenvalue weighted by molar-refractivity contribution is 6.03. The zero-order chi connectivity index (χ0) is 44.5. The maximum absolute atomic E-state index is 14.6. The van der Waals surface area contributed by atoms with Crippen LogP contribution in [0.2, 0.25) is 0 Å². The number of oxime groups is 1. The van der Waals surface area contributed by atoms with E-state index in [2.05, 4.69) is 43.0 Å². The first-order chi connectivity index (χ1) is 31.3. The van der Waals surface area contributed by atoms with Crippen LogP contribution in [-0.2, 0) is 27.4 Å². The van der Waals surface area contributed by atoms with Gasteiger partial charge in [-0.2, -0.15) is 0 Å². The van der Waals surface area contributed by atoms with Gasteiger partial charge in [0.1, 0.15) is 35.6 Å². The van der Waals surface area contributed by atoms with E-state index in [1.165, 1.54) is 0 Å². The number of ether oxygens (including phenoxy) is 4. The minimum Gasteiger partial charge on any atom is -0.497 e. The molecule has 10 heteroatoms. The van der Waals surface area contributed by atoms with Crippen molar-refractivity contribution in [2.45, 2.75) is 75.7 Å². The summed E-state index contributed by atoms with van der Waals surface area (Å²) in [7, 11) is 3.45. The number of benzene rings is 5. The smallest absolute Gasteiger partial charge is 0.239 e. The summed E-state index contributed by atoms with van der Waals surface area (Å²) in [5.41, 5.74) is 4.53. The lowest BCUT2D eigenvalue weighted by Crippen LogP contribution is -2.69. The first kappa shape index (κ1) is 44.7. The zero-order valence-corrected chi connectivity index (χ0v) is 36.9. The molecular weight excluding hydrogens is 805 g/mol. The van der Waals surface area contributed by atoms with Crippen molar-refractivity contribution in [3.05, 3.63) is 156 Å². The van der Waals surface area contributed by atoms with Crippen molar-refractivity contribution in [3.63, 3.8) is 0 Å². The van der Waals surface area contributed by atoms with Crippen molar-refractivity contribution in [1.29, 1.82) is 0 Å². The second-order valence-corrected chi connectivity index (χ2v) is 17.2. The summed E-state index contributed by atoms with van der Waals surface area (Å²) in [6, 6.07) is 37.3. The van der Waals surface area contributed by atoms with Gasteiger partial charge in [-0.25, -0.2) is 0 Å². The molecule has 5 aromatic rings. The highest BCUT2D eigenvalue weighted by Gasteiger charge is 2.65. The van der Waals surface area contributed by atoms with E-state index in [9.17, 15) is 15.0 Å². The maximum Gasteiger partial charge on any atom is 0.239 e. The van der Waals surface area contributed by atoms with Crippen molar-refractivity contribution in [2.75, 3.05) is 34.0 Å². The fourth-order valence-corrected chi connectivity index (χ4v) is 10.2. The Bertz CT molecular complexity index is 2450. The Kier molecular flexibility index (Phi) is 14.4. The van der Waals surface area contributed by atoms with Gasteiger partial charge in [0.25, 0.3) is 0 Å². The van der Waals surface area contributed by atoms with Crippen LogP contribution < -0.4 is 14.2 Å². The van der Waals surface area contributed by atoms with Crippen LogP contribution in [0, 0.1) is 17.8 Å². The predicted octanol–water partition coefficient (Wildman–Crippen LogP) is 10.2. The van der Waals surface area contributed by atoms with Gasteiger partial charge in [0, 0.05) is 38.2 Å². The lowest BCUT2D eigenvalue weighted by molar-refractivity contribution is -0.255. The van der Waals surface area contributed by atoms with Crippen LogP contribution >= 0.6 is 0 Å². The van der Waals surface area contributed by atoms with Gasteiger partial charge in [-0.3, -0.25) is 4.79 Å². The standard InChI is InChI=1S/C54H60N2O8/c1-4-29-61-54-50(56(2)51(59)31-38-17-14-21-42(30-38)60-3)35-48(55-62-36-37-15-6-5-7-16-37)46-33-41(20-10-12-27-57)45(22-11-13-28-58)52(53(46)54)47-34-44(25-26-49(47)64-54)63-43-24-23-39-18-8-9-19-40(39)32-43/h4-9,14-19,21,23-26,30,32-34,41,45,50,52-53,57-58H,1,10-13,20,22,27-29,31,35-36H2,2-3H3. The SMILES string of the molecule is C=CCOC12Oc3ccc(Oc4ccc5ccccc5c4)cc3C3C(CCCCO)C(CCCCO)C=C(C(=NOCc4ccccc4)CC1N(C)C(=O)Cc1cccc(OC)c1)C32. The molecule has 1 heterocycles. The number of carbonyl (C=O) groups excluding carboxylic acids is 1. The quantitative estimate of drug-likeness (QED) is 0.0451. The van der Waals surface area contributed by atoms with E-state index in [4.69, 9.17) is 28.9 Å². The second-order valence-electron chi connectivity index (χ2n) is 17.2. The van der Waals surface area contributed by atoms with Crippen molar-refractivity contribution in [3.8, 4) is 23.0 Å². The van der Waals surface area contributed by atoms with Gasteiger partial charge >= 0.3 is 0 Å². The highest BCUT2D eigenvalue weighted by Crippen LogP contribution is 2.62. The first-order valence-electron chi connectivity index (χ1n) is 22.6. The molecule has 6 atom stereocenters. The number of aliphatic hydroxyl groups excluding tert-OH is 2. The van der Waals surface area contributed by atoms with E-state index in [0.717, 1.165) is 70.2 Å². The summed E-state index contributed by atoms with van der Waals surface area (Å²) in [4.78, 5) is 22.7. The van der Waals surface area contributed by atoms with Crippen molar-refractivity contribution >= 4 is 22.4 Å². The third kappa shape index (κ3) is 9.60. The molecule has 0 radical (unpaired) electrons. The molecule has 334 valence electrons. The van der Waals surface area contributed by atoms with Crippen LogP contribution in [-0.4, -0.2) is 72.5 Å². The third-order valence-electron chi connectivity index (χ3n) is 13.2. The Balaban J connectivity index is 1.28. The van der Waals surface area contributed by atoms with Gasteiger partial charge in [0.15, 0.2) is 0 Å². The van der Waals surface area contributed by atoms with Gasteiger partial charge < -0.3 is 38.9 Å². The molecule has 0 bridgehead atoms. The van der Waals surface area contributed by atoms with Crippen molar-refractivity contribution in [1.82, 2.24) is 4.90 Å². The molecule has 8 rings (SSSR count). The number of carbonyl (C=O) groups is 1. The summed E-state index contributed by atoms with van der Waals surface area (Å²) in [5, 5.41) is 27.1. The van der Waals surface area contributed by atoms with Gasteiger partial charge in [-0.1, -0.05) is 103 Å². The molecule has 1 saturated carbocycles. The van der Waals surface area contributed by atoms with E-state index in [0.29, 0.717) is 36.5 Å². The van der Waals surface area contributed by atoms with E-state index in [1.807, 2.05) is 92.0 Å². The molecule has 2 N–H and O–H groups in total. The molecule has 6 unspecified atom stereocenters. The largest absolute Gasteiger partial charge is 0.497 e. The van der Waals surface area contributed by atoms with Crippen LogP contribution in [0.1, 0.15) is 67.6 Å².